The zero-order valence-corrected chi connectivity index (χ0v) is 20.2. The van der Waals surface area contributed by atoms with Gasteiger partial charge in [0.25, 0.3) is 5.91 Å². The number of aromatic nitrogens is 1. The molecule has 1 amide bonds. The van der Waals surface area contributed by atoms with Crippen molar-refractivity contribution in [1.29, 1.82) is 0 Å². The van der Waals surface area contributed by atoms with Crippen LogP contribution >= 0.6 is 34.8 Å². The van der Waals surface area contributed by atoms with Gasteiger partial charge >= 0.3 is 0 Å². The van der Waals surface area contributed by atoms with Crippen molar-refractivity contribution < 1.29 is 18.7 Å². The van der Waals surface area contributed by atoms with E-state index in [0.717, 1.165) is 11.3 Å². The van der Waals surface area contributed by atoms with Crippen LogP contribution < -0.4 is 14.8 Å². The quantitative estimate of drug-likeness (QED) is 0.302. The van der Waals surface area contributed by atoms with Crippen molar-refractivity contribution >= 4 is 57.5 Å². The average molecular weight is 506 g/mol. The van der Waals surface area contributed by atoms with Gasteiger partial charge in [0.15, 0.2) is 17.9 Å². The van der Waals surface area contributed by atoms with Gasteiger partial charge in [0.1, 0.15) is 11.3 Å². The second kappa shape index (κ2) is 9.51. The van der Waals surface area contributed by atoms with Crippen molar-refractivity contribution in [2.24, 2.45) is 0 Å². The van der Waals surface area contributed by atoms with Crippen LogP contribution in [0.2, 0.25) is 15.1 Å². The van der Waals surface area contributed by atoms with Crippen LogP contribution in [0.15, 0.2) is 46.9 Å². The molecule has 0 unspecified atom stereocenters. The molecule has 0 radical (unpaired) electrons. The van der Waals surface area contributed by atoms with Crippen molar-refractivity contribution in [1.82, 2.24) is 4.98 Å². The molecule has 0 spiro atoms. The fraction of sp³-hybridized carbons (Fsp3) is 0.167. The molecule has 33 heavy (non-hydrogen) atoms. The summed E-state index contributed by atoms with van der Waals surface area (Å²) < 4.78 is 16.6. The first kappa shape index (κ1) is 23.2. The van der Waals surface area contributed by atoms with Crippen molar-refractivity contribution in [3.05, 3.63) is 68.7 Å². The van der Waals surface area contributed by atoms with Gasteiger partial charge < -0.3 is 19.2 Å². The molecular weight excluding hydrogens is 487 g/mol. The molecule has 6 nitrogen and oxygen atoms in total. The Labute approximate surface area is 205 Å². The number of hydrogen-bond donors (Lipinski definition) is 1. The molecule has 1 N–H and O–H groups in total. The summed E-state index contributed by atoms with van der Waals surface area (Å²) in [6.45, 7) is 3.23. The number of methoxy groups -OCH3 is 1. The highest BCUT2D eigenvalue weighted by Crippen LogP contribution is 2.42. The van der Waals surface area contributed by atoms with Crippen molar-refractivity contribution in [3.8, 4) is 23.0 Å². The Morgan fingerprint density at radius 1 is 1.00 bits per heavy atom. The monoisotopic (exact) mass is 504 g/mol. The van der Waals surface area contributed by atoms with E-state index >= 15 is 0 Å². The molecule has 1 heterocycles. The highest BCUT2D eigenvalue weighted by atomic mass is 35.5. The molecular formula is C24H19Cl3N2O4. The molecule has 0 aliphatic heterocycles. The van der Waals surface area contributed by atoms with Crippen LogP contribution in [0.25, 0.3) is 22.6 Å². The van der Waals surface area contributed by atoms with Crippen molar-refractivity contribution in [3.63, 3.8) is 0 Å². The van der Waals surface area contributed by atoms with Gasteiger partial charge in [0.05, 0.1) is 17.2 Å². The summed E-state index contributed by atoms with van der Waals surface area (Å²) in [4.78, 5) is 17.0. The number of amides is 1. The maximum Gasteiger partial charge on any atom is 0.262 e. The van der Waals surface area contributed by atoms with Gasteiger partial charge in [-0.2, -0.15) is 0 Å². The van der Waals surface area contributed by atoms with Gasteiger partial charge in [-0.1, -0.05) is 34.8 Å². The predicted molar refractivity (Wildman–Crippen MR) is 131 cm³/mol. The third-order valence-corrected chi connectivity index (χ3v) is 6.55. The molecule has 4 rings (SSSR count). The molecule has 0 aliphatic carbocycles. The SMILES string of the molecule is COc1ccc(-c2nc3cc(NC(=O)COc4c(Cl)c(C)c(Cl)c(C)c4Cl)ccc3o2)cc1. The first-order chi connectivity index (χ1) is 15.8. The summed E-state index contributed by atoms with van der Waals surface area (Å²) >= 11 is 18.8. The van der Waals surface area contributed by atoms with Crippen LogP contribution in [-0.2, 0) is 4.79 Å². The number of rotatable bonds is 6. The van der Waals surface area contributed by atoms with E-state index in [-0.39, 0.29) is 28.3 Å². The number of oxazole rings is 1. The van der Waals surface area contributed by atoms with Gasteiger partial charge in [-0.15, -0.1) is 0 Å². The zero-order chi connectivity index (χ0) is 23.7. The number of nitrogens with one attached hydrogen (secondary N) is 1. The van der Waals surface area contributed by atoms with Crippen LogP contribution in [0.4, 0.5) is 5.69 Å². The van der Waals surface area contributed by atoms with E-state index < -0.39 is 0 Å². The summed E-state index contributed by atoms with van der Waals surface area (Å²) in [6, 6.07) is 12.6. The molecule has 0 saturated carbocycles. The number of fused-ring (bicyclic) bond motifs is 1. The van der Waals surface area contributed by atoms with E-state index in [0.29, 0.717) is 38.8 Å². The van der Waals surface area contributed by atoms with Crippen LogP contribution in [0.3, 0.4) is 0 Å². The number of carbonyl (C=O) groups is 1. The summed E-state index contributed by atoms with van der Waals surface area (Å²) in [6.07, 6.45) is 0. The molecule has 0 atom stereocenters. The first-order valence-electron chi connectivity index (χ1n) is 9.89. The molecule has 0 bridgehead atoms. The van der Waals surface area contributed by atoms with Gasteiger partial charge in [-0.05, 0) is 67.4 Å². The molecule has 1 aromatic heterocycles. The number of ether oxygens (including phenoxy) is 2. The van der Waals surface area contributed by atoms with E-state index in [2.05, 4.69) is 10.3 Å². The number of carbonyl (C=O) groups excluding carboxylic acids is 1. The lowest BCUT2D eigenvalue weighted by molar-refractivity contribution is -0.118. The van der Waals surface area contributed by atoms with E-state index in [9.17, 15) is 4.79 Å². The number of hydrogen-bond acceptors (Lipinski definition) is 5. The Morgan fingerprint density at radius 2 is 1.67 bits per heavy atom. The van der Waals surface area contributed by atoms with Gasteiger partial charge in [0, 0.05) is 16.3 Å². The Kier molecular flexibility index (Phi) is 6.70. The summed E-state index contributed by atoms with van der Waals surface area (Å²) in [5, 5.41) is 3.80. The highest BCUT2D eigenvalue weighted by molar-refractivity contribution is 6.42. The van der Waals surface area contributed by atoms with Crippen LogP contribution in [0.1, 0.15) is 11.1 Å². The Hall–Kier alpha value is -2.93. The number of anilines is 1. The minimum absolute atomic E-state index is 0.226. The largest absolute Gasteiger partial charge is 0.497 e. The fourth-order valence-electron chi connectivity index (χ4n) is 3.23. The van der Waals surface area contributed by atoms with Gasteiger partial charge in [-0.25, -0.2) is 4.98 Å². The number of benzene rings is 3. The molecule has 4 aromatic rings. The fourth-order valence-corrected chi connectivity index (χ4v) is 4.06. The molecule has 170 valence electrons. The standard InChI is InChI=1S/C24H19Cl3N2O4/c1-12-20(25)13(2)22(27)23(21(12)26)32-11-19(30)28-15-6-9-18-17(10-15)29-24(33-18)14-4-7-16(31-3)8-5-14/h4-10H,11H2,1-3H3,(H,28,30). The summed E-state index contributed by atoms with van der Waals surface area (Å²) in [5.41, 5.74) is 3.84. The number of nitrogens with zero attached hydrogens (tertiary/aromatic N) is 1. The van der Waals surface area contributed by atoms with E-state index in [4.69, 9.17) is 48.7 Å². The molecule has 0 aliphatic rings. The number of halogens is 3. The lowest BCUT2D eigenvalue weighted by Crippen LogP contribution is -2.20. The second-order valence-electron chi connectivity index (χ2n) is 7.29. The topological polar surface area (TPSA) is 73.6 Å². The average Bonchev–Trinajstić information content (AvgIpc) is 3.25. The second-order valence-corrected chi connectivity index (χ2v) is 8.42. The van der Waals surface area contributed by atoms with E-state index in [1.807, 2.05) is 24.3 Å². The lowest BCUT2D eigenvalue weighted by atomic mass is 10.1. The normalized spacial score (nSPS) is 11.0. The van der Waals surface area contributed by atoms with Gasteiger partial charge in [-0.3, -0.25) is 4.79 Å². The highest BCUT2D eigenvalue weighted by Gasteiger charge is 2.19. The molecule has 0 fully saturated rings. The smallest absolute Gasteiger partial charge is 0.262 e. The summed E-state index contributed by atoms with van der Waals surface area (Å²) in [5.74, 6) is 1.06. The Balaban J connectivity index is 1.47. The first-order valence-corrected chi connectivity index (χ1v) is 11.0. The van der Waals surface area contributed by atoms with Gasteiger partial charge in [0.2, 0.25) is 5.89 Å². The summed E-state index contributed by atoms with van der Waals surface area (Å²) in [7, 11) is 1.61. The van der Waals surface area contributed by atoms with Crippen molar-refractivity contribution in [2.75, 3.05) is 19.0 Å². The van der Waals surface area contributed by atoms with Crippen LogP contribution in [-0.4, -0.2) is 24.6 Å². The Morgan fingerprint density at radius 3 is 2.30 bits per heavy atom. The van der Waals surface area contributed by atoms with Crippen molar-refractivity contribution in [2.45, 2.75) is 13.8 Å². The third-order valence-electron chi connectivity index (χ3n) is 5.07. The van der Waals surface area contributed by atoms with Crippen LogP contribution in [0, 0.1) is 13.8 Å². The van der Waals surface area contributed by atoms with E-state index in [1.54, 1.807) is 39.2 Å². The predicted octanol–water partition coefficient (Wildman–Crippen LogP) is 7.10. The minimum atomic E-state index is -0.384. The lowest BCUT2D eigenvalue weighted by Gasteiger charge is -2.15. The Bertz CT molecular complexity index is 1320. The third kappa shape index (κ3) is 4.74. The molecule has 9 heteroatoms. The van der Waals surface area contributed by atoms with E-state index in [1.165, 1.54) is 0 Å². The minimum Gasteiger partial charge on any atom is -0.497 e. The maximum atomic E-state index is 12.5. The maximum absolute atomic E-state index is 12.5. The van der Waals surface area contributed by atoms with Crippen LogP contribution in [0.5, 0.6) is 11.5 Å². The molecule has 3 aromatic carbocycles. The molecule has 0 saturated heterocycles. The zero-order valence-electron chi connectivity index (χ0n) is 18.0.